The van der Waals surface area contributed by atoms with Gasteiger partial charge in [-0.05, 0) is 86.7 Å². The Morgan fingerprint density at radius 1 is 0.812 bits per heavy atom. The van der Waals surface area contributed by atoms with Crippen LogP contribution in [-0.2, 0) is 37.6 Å². The highest BCUT2D eigenvalue weighted by Gasteiger charge is 2.25. The Labute approximate surface area is 290 Å². The Bertz CT molecular complexity index is 1380. The van der Waals surface area contributed by atoms with Crippen LogP contribution >= 0.6 is 18.0 Å². The first-order valence-corrected chi connectivity index (χ1v) is 21.6. The van der Waals surface area contributed by atoms with Crippen molar-refractivity contribution in [1.82, 2.24) is 5.32 Å². The van der Waals surface area contributed by atoms with Crippen molar-refractivity contribution in [3.8, 4) is 17.2 Å². The molecule has 1 N–H and O–H groups in total. The van der Waals surface area contributed by atoms with Crippen LogP contribution in [-0.4, -0.2) is 57.4 Å². The van der Waals surface area contributed by atoms with Gasteiger partial charge in [-0.1, -0.05) is 69.2 Å². The van der Waals surface area contributed by atoms with E-state index in [0.29, 0.717) is 51.4 Å². The predicted octanol–water partition coefficient (Wildman–Crippen LogP) is 9.30. The molecule has 1 aliphatic heterocycles. The lowest BCUT2D eigenvalue weighted by molar-refractivity contribution is 0.121. The van der Waals surface area contributed by atoms with Crippen LogP contribution in [0.15, 0.2) is 72.8 Å². The first-order chi connectivity index (χ1) is 23.4. The lowest BCUT2D eigenvalue weighted by Crippen LogP contribution is -2.20. The fourth-order valence-corrected chi connectivity index (χ4v) is 8.86. The third-order valence-corrected chi connectivity index (χ3v) is 12.4. The maximum atomic E-state index is 13.6. The number of rotatable bonds is 24. The molecule has 3 aromatic carbocycles. The van der Waals surface area contributed by atoms with Crippen molar-refractivity contribution in [2.45, 2.75) is 72.0 Å². The van der Waals surface area contributed by atoms with Crippen LogP contribution < -0.4 is 19.0 Å². The van der Waals surface area contributed by atoms with E-state index >= 15 is 0 Å². The minimum atomic E-state index is -2.94. The molecule has 1 heterocycles. The van der Waals surface area contributed by atoms with Gasteiger partial charge in [-0.25, -0.2) is 0 Å². The molecule has 0 aliphatic carbocycles. The molecule has 2 atom stereocenters. The molecule has 3 aromatic rings. The molecule has 1 aliphatic rings. The van der Waals surface area contributed by atoms with E-state index in [9.17, 15) is 4.57 Å². The molecule has 4 rings (SSSR count). The molecule has 0 fully saturated rings. The topological polar surface area (TPSA) is 84.5 Å². The standard InChI is InChI=1S/C38H56NO7PS/c1-4-6-26-44-47(40,27-12-24-41-30-34-13-9-8-10-14-34)32-43-36-17-15-33(16-18-36)21-23-39-22-11-25-42-37-19-20-38-35(29-37)31-45-48(3,46-38)28-7-5-2/h8-10,13-20,29,39H,4-7,11-12,21-28,30-32H2,1-3H3. The van der Waals surface area contributed by atoms with Crippen molar-refractivity contribution >= 4 is 18.0 Å². The summed E-state index contributed by atoms with van der Waals surface area (Å²) in [6, 6.07) is 24.2. The lowest BCUT2D eigenvalue weighted by Gasteiger charge is -2.43. The summed E-state index contributed by atoms with van der Waals surface area (Å²) in [4.78, 5) is 0. The van der Waals surface area contributed by atoms with Crippen LogP contribution in [0.25, 0.3) is 0 Å². The third-order valence-electron chi connectivity index (χ3n) is 8.06. The molecule has 10 heteroatoms. The molecule has 2 unspecified atom stereocenters. The van der Waals surface area contributed by atoms with Crippen molar-refractivity contribution in [3.63, 3.8) is 0 Å². The molecule has 266 valence electrons. The highest BCUT2D eigenvalue weighted by atomic mass is 32.3. The van der Waals surface area contributed by atoms with E-state index in [4.69, 9.17) is 27.1 Å². The number of ether oxygens (including phenoxy) is 3. The molecule has 0 aromatic heterocycles. The largest absolute Gasteiger partial charge is 0.494 e. The summed E-state index contributed by atoms with van der Waals surface area (Å²) in [6.45, 7) is 8.83. The van der Waals surface area contributed by atoms with Gasteiger partial charge in [0.25, 0.3) is 0 Å². The van der Waals surface area contributed by atoms with Crippen molar-refractivity contribution in [2.24, 2.45) is 0 Å². The monoisotopic (exact) mass is 701 g/mol. The van der Waals surface area contributed by atoms with Gasteiger partial charge in [-0.2, -0.15) is 10.6 Å². The lowest BCUT2D eigenvalue weighted by atomic mass is 10.1. The zero-order chi connectivity index (χ0) is 33.9. The summed E-state index contributed by atoms with van der Waals surface area (Å²) in [5, 5.41) is 3.51. The molecule has 0 saturated heterocycles. The van der Waals surface area contributed by atoms with Gasteiger partial charge in [0.05, 0.1) is 19.8 Å². The van der Waals surface area contributed by atoms with Crippen LogP contribution in [0.3, 0.4) is 0 Å². The first kappa shape index (κ1) is 38.3. The fraction of sp³-hybridized carbons (Fsp3) is 0.526. The predicted molar refractivity (Wildman–Crippen MR) is 198 cm³/mol. The molecule has 0 bridgehead atoms. The number of benzene rings is 3. The summed E-state index contributed by atoms with van der Waals surface area (Å²) in [5.41, 5.74) is 3.40. The second kappa shape index (κ2) is 20.9. The average molecular weight is 702 g/mol. The molecular weight excluding hydrogens is 645 g/mol. The molecule has 0 saturated carbocycles. The normalized spacial score (nSPS) is 18.2. The quantitative estimate of drug-likeness (QED) is 0.0731. The average Bonchev–Trinajstić information content (AvgIpc) is 3.10. The summed E-state index contributed by atoms with van der Waals surface area (Å²) in [5.74, 6) is 3.46. The van der Waals surface area contributed by atoms with E-state index in [2.05, 4.69) is 37.6 Å². The van der Waals surface area contributed by atoms with Gasteiger partial charge in [-0.15, -0.1) is 0 Å². The number of hydrogen-bond donors (Lipinski definition) is 1. The van der Waals surface area contributed by atoms with E-state index in [1.165, 1.54) is 5.56 Å². The second-order valence-electron chi connectivity index (χ2n) is 12.3. The van der Waals surface area contributed by atoms with Gasteiger partial charge < -0.3 is 28.2 Å². The molecular formula is C38H56NO7PS. The minimum absolute atomic E-state index is 0.0742. The van der Waals surface area contributed by atoms with E-state index < -0.39 is 18.0 Å². The van der Waals surface area contributed by atoms with Crippen LogP contribution in [0.1, 0.15) is 69.1 Å². The van der Waals surface area contributed by atoms with Crippen LogP contribution in [0.5, 0.6) is 17.2 Å². The van der Waals surface area contributed by atoms with Crippen molar-refractivity contribution in [2.75, 3.05) is 57.4 Å². The number of fused-ring (bicyclic) bond motifs is 1. The van der Waals surface area contributed by atoms with Gasteiger partial charge in [0.15, 0.2) is 12.1 Å². The zero-order valence-corrected chi connectivity index (χ0v) is 30.9. The Balaban J connectivity index is 1.09. The van der Waals surface area contributed by atoms with E-state index in [1.807, 2.05) is 60.7 Å². The Hall–Kier alpha value is -2.52. The fourth-order valence-electron chi connectivity index (χ4n) is 5.13. The Morgan fingerprint density at radius 2 is 1.60 bits per heavy atom. The summed E-state index contributed by atoms with van der Waals surface area (Å²) < 4.78 is 49.5. The van der Waals surface area contributed by atoms with Gasteiger partial charge in [0, 0.05) is 30.3 Å². The van der Waals surface area contributed by atoms with Gasteiger partial charge in [-0.3, -0.25) is 8.75 Å². The summed E-state index contributed by atoms with van der Waals surface area (Å²) in [7, 11) is -4.41. The number of hydrogen-bond acceptors (Lipinski definition) is 8. The highest BCUT2D eigenvalue weighted by Crippen LogP contribution is 2.53. The van der Waals surface area contributed by atoms with Gasteiger partial charge >= 0.3 is 0 Å². The smallest absolute Gasteiger partial charge is 0.239 e. The molecule has 8 nitrogen and oxygen atoms in total. The van der Waals surface area contributed by atoms with Gasteiger partial charge in [0.1, 0.15) is 18.1 Å². The van der Waals surface area contributed by atoms with Crippen molar-refractivity contribution < 1.29 is 31.7 Å². The van der Waals surface area contributed by atoms with Crippen LogP contribution in [0.2, 0.25) is 0 Å². The second-order valence-corrected chi connectivity index (χ2v) is 17.6. The molecule has 0 radical (unpaired) electrons. The Kier molecular flexibility index (Phi) is 16.6. The first-order valence-electron chi connectivity index (χ1n) is 17.5. The molecule has 0 spiro atoms. The number of unbranched alkanes of at least 4 members (excludes halogenated alkanes) is 2. The van der Waals surface area contributed by atoms with Crippen LogP contribution in [0.4, 0.5) is 0 Å². The zero-order valence-electron chi connectivity index (χ0n) is 29.2. The van der Waals surface area contributed by atoms with E-state index in [1.54, 1.807) is 0 Å². The Morgan fingerprint density at radius 3 is 2.40 bits per heavy atom. The maximum absolute atomic E-state index is 13.6. The minimum Gasteiger partial charge on any atom is -0.494 e. The number of nitrogens with one attached hydrogen (secondary N) is 1. The van der Waals surface area contributed by atoms with E-state index in [0.717, 1.165) is 80.0 Å². The summed E-state index contributed by atoms with van der Waals surface area (Å²) in [6.07, 6.45) is 9.23. The van der Waals surface area contributed by atoms with E-state index in [-0.39, 0.29) is 6.35 Å². The van der Waals surface area contributed by atoms with Gasteiger partial charge in [0.2, 0.25) is 7.37 Å². The van der Waals surface area contributed by atoms with Crippen LogP contribution in [0, 0.1) is 0 Å². The maximum Gasteiger partial charge on any atom is 0.239 e. The SMILES string of the molecule is CCCCOP(=O)(CCCOCc1ccccc1)COc1ccc(CCNCCCOc2ccc3c(c2)COS(C)(CCCC)O3)cc1. The third kappa shape index (κ3) is 13.8. The highest BCUT2D eigenvalue weighted by molar-refractivity contribution is 8.25. The van der Waals surface area contributed by atoms with Crippen molar-refractivity contribution in [1.29, 1.82) is 0 Å². The molecule has 0 amide bonds. The summed E-state index contributed by atoms with van der Waals surface area (Å²) >= 11 is 0. The van der Waals surface area contributed by atoms with Crippen molar-refractivity contribution in [3.05, 3.63) is 89.5 Å². The molecule has 48 heavy (non-hydrogen) atoms.